The summed E-state index contributed by atoms with van der Waals surface area (Å²) in [5.41, 5.74) is -0.654. The van der Waals surface area contributed by atoms with E-state index in [1.54, 1.807) is 45.2 Å². The lowest BCUT2D eigenvalue weighted by molar-refractivity contribution is -0.121. The first-order chi connectivity index (χ1) is 12.1. The molecule has 0 aliphatic rings. The first kappa shape index (κ1) is 21.6. The molecule has 1 aromatic rings. The number of nitrogens with one attached hydrogen (secondary N) is 1. The maximum Gasteiger partial charge on any atom is 0.408 e. The topological polar surface area (TPSA) is 88.6 Å². The number of hydrogen-bond donors (Lipinski definition) is 1. The largest absolute Gasteiger partial charge is 0.444 e. The number of carbonyl (C=O) groups excluding carboxylic acids is 3. The summed E-state index contributed by atoms with van der Waals surface area (Å²) in [6.07, 6.45) is 2.32. The molecular weight excluding hydrogens is 334 g/mol. The minimum Gasteiger partial charge on any atom is -0.444 e. The van der Waals surface area contributed by atoms with Gasteiger partial charge >= 0.3 is 6.09 Å². The summed E-state index contributed by atoms with van der Waals surface area (Å²) >= 11 is 0. The van der Waals surface area contributed by atoms with Gasteiger partial charge in [0.15, 0.2) is 0 Å². The van der Waals surface area contributed by atoms with E-state index in [-0.39, 0.29) is 24.7 Å². The standard InChI is InChI=1S/C19H29N3O4/c1-6-9-15(21-18(25)26-19(3,4)5)17(24)22(13-11-14(2)23)16-10-7-8-12-20-16/h7-8,10,12,15H,6,9,11,13H2,1-5H3,(H,21,25). The van der Waals surface area contributed by atoms with Crippen LogP contribution in [0.3, 0.4) is 0 Å². The molecule has 1 rings (SSSR count). The van der Waals surface area contributed by atoms with Crippen LogP contribution in [-0.4, -0.2) is 41.0 Å². The Morgan fingerprint density at radius 1 is 1.27 bits per heavy atom. The normalized spacial score (nSPS) is 12.2. The molecule has 0 bridgehead atoms. The third kappa shape index (κ3) is 7.63. The molecule has 0 radical (unpaired) electrons. The molecule has 1 unspecified atom stereocenters. The molecule has 144 valence electrons. The second kappa shape index (κ2) is 9.89. The Morgan fingerprint density at radius 3 is 2.46 bits per heavy atom. The van der Waals surface area contributed by atoms with Crippen molar-refractivity contribution < 1.29 is 19.1 Å². The van der Waals surface area contributed by atoms with Crippen molar-refractivity contribution in [2.75, 3.05) is 11.4 Å². The summed E-state index contributed by atoms with van der Waals surface area (Å²) in [7, 11) is 0. The van der Waals surface area contributed by atoms with Crippen LogP contribution in [-0.2, 0) is 14.3 Å². The molecule has 1 heterocycles. The molecule has 1 N–H and O–H groups in total. The van der Waals surface area contributed by atoms with Crippen LogP contribution in [0.4, 0.5) is 10.6 Å². The van der Waals surface area contributed by atoms with E-state index in [9.17, 15) is 14.4 Å². The van der Waals surface area contributed by atoms with E-state index in [0.29, 0.717) is 18.7 Å². The van der Waals surface area contributed by atoms with E-state index in [1.807, 2.05) is 6.92 Å². The van der Waals surface area contributed by atoms with Gasteiger partial charge in [0, 0.05) is 19.2 Å². The zero-order chi connectivity index (χ0) is 19.7. The number of aromatic nitrogens is 1. The number of ketones is 1. The second-order valence-corrected chi connectivity index (χ2v) is 7.12. The summed E-state index contributed by atoms with van der Waals surface area (Å²) in [4.78, 5) is 42.2. The van der Waals surface area contributed by atoms with Crippen molar-refractivity contribution >= 4 is 23.6 Å². The summed E-state index contributed by atoms with van der Waals surface area (Å²) < 4.78 is 5.26. The van der Waals surface area contributed by atoms with Crippen LogP contribution in [0, 0.1) is 0 Å². The lowest BCUT2D eigenvalue weighted by Gasteiger charge is -2.28. The fourth-order valence-electron chi connectivity index (χ4n) is 2.30. The first-order valence-electron chi connectivity index (χ1n) is 8.85. The summed E-state index contributed by atoms with van der Waals surface area (Å²) in [5.74, 6) is 0.120. The highest BCUT2D eigenvalue weighted by Gasteiger charge is 2.28. The monoisotopic (exact) mass is 363 g/mol. The smallest absolute Gasteiger partial charge is 0.408 e. The quantitative estimate of drug-likeness (QED) is 0.767. The molecule has 1 aromatic heterocycles. The van der Waals surface area contributed by atoms with Crippen molar-refractivity contribution in [3.05, 3.63) is 24.4 Å². The van der Waals surface area contributed by atoms with E-state index in [4.69, 9.17) is 4.74 Å². The number of anilines is 1. The summed E-state index contributed by atoms with van der Waals surface area (Å²) in [6.45, 7) is 8.89. The average Bonchev–Trinajstić information content (AvgIpc) is 2.53. The van der Waals surface area contributed by atoms with Crippen LogP contribution in [0.25, 0.3) is 0 Å². The van der Waals surface area contributed by atoms with Gasteiger partial charge in [-0.1, -0.05) is 19.4 Å². The summed E-state index contributed by atoms with van der Waals surface area (Å²) in [5, 5.41) is 2.65. The number of alkyl carbamates (subject to hydrolysis) is 1. The number of Topliss-reactive ketones (excluding diaryl/α,β-unsaturated/α-hetero) is 1. The van der Waals surface area contributed by atoms with E-state index in [2.05, 4.69) is 10.3 Å². The SMILES string of the molecule is CCCC(NC(=O)OC(C)(C)C)C(=O)N(CCC(C)=O)c1ccccn1. The van der Waals surface area contributed by atoms with Gasteiger partial charge in [0.2, 0.25) is 0 Å². The number of hydrogen-bond acceptors (Lipinski definition) is 5. The Hall–Kier alpha value is -2.44. The van der Waals surface area contributed by atoms with E-state index >= 15 is 0 Å². The molecule has 7 heteroatoms. The molecule has 0 aromatic carbocycles. The maximum atomic E-state index is 13.1. The van der Waals surface area contributed by atoms with Crippen LogP contribution in [0.1, 0.15) is 53.9 Å². The Morgan fingerprint density at radius 2 is 1.96 bits per heavy atom. The van der Waals surface area contributed by atoms with Crippen LogP contribution in [0.15, 0.2) is 24.4 Å². The molecule has 0 spiro atoms. The minimum atomic E-state index is -0.746. The van der Waals surface area contributed by atoms with Crippen LogP contribution in [0.5, 0.6) is 0 Å². The molecule has 0 aliphatic heterocycles. The van der Waals surface area contributed by atoms with Gasteiger partial charge in [-0.25, -0.2) is 9.78 Å². The molecule has 0 fully saturated rings. The highest BCUT2D eigenvalue weighted by Crippen LogP contribution is 2.15. The van der Waals surface area contributed by atoms with Gasteiger partial charge in [-0.15, -0.1) is 0 Å². The molecule has 26 heavy (non-hydrogen) atoms. The van der Waals surface area contributed by atoms with Gasteiger partial charge in [0.05, 0.1) is 0 Å². The highest BCUT2D eigenvalue weighted by atomic mass is 16.6. The number of amides is 2. The number of ether oxygens (including phenoxy) is 1. The van der Waals surface area contributed by atoms with Gasteiger partial charge in [0.25, 0.3) is 5.91 Å². The van der Waals surface area contributed by atoms with Crippen molar-refractivity contribution in [1.29, 1.82) is 0 Å². The third-order valence-corrected chi connectivity index (χ3v) is 3.45. The molecule has 1 atom stereocenters. The molecule has 7 nitrogen and oxygen atoms in total. The maximum absolute atomic E-state index is 13.1. The molecular formula is C19H29N3O4. The first-order valence-corrected chi connectivity index (χ1v) is 8.85. The van der Waals surface area contributed by atoms with E-state index < -0.39 is 17.7 Å². The van der Waals surface area contributed by atoms with Gasteiger partial charge in [-0.2, -0.15) is 0 Å². The van der Waals surface area contributed by atoms with Gasteiger partial charge in [0.1, 0.15) is 23.2 Å². The third-order valence-electron chi connectivity index (χ3n) is 3.45. The lowest BCUT2D eigenvalue weighted by Crippen LogP contribution is -2.50. The number of carbonyl (C=O) groups is 3. The van der Waals surface area contributed by atoms with Gasteiger partial charge < -0.3 is 10.1 Å². The van der Waals surface area contributed by atoms with Crippen molar-refractivity contribution in [2.24, 2.45) is 0 Å². The Bertz CT molecular complexity index is 611. The number of pyridine rings is 1. The van der Waals surface area contributed by atoms with Crippen LogP contribution < -0.4 is 10.2 Å². The van der Waals surface area contributed by atoms with E-state index in [1.165, 1.54) is 11.8 Å². The predicted molar refractivity (Wildman–Crippen MR) is 100.0 cm³/mol. The number of nitrogens with zero attached hydrogens (tertiary/aromatic N) is 2. The fourth-order valence-corrected chi connectivity index (χ4v) is 2.30. The minimum absolute atomic E-state index is 0.0223. The van der Waals surface area contributed by atoms with Crippen LogP contribution >= 0.6 is 0 Å². The van der Waals surface area contributed by atoms with Crippen LogP contribution in [0.2, 0.25) is 0 Å². The highest BCUT2D eigenvalue weighted by molar-refractivity contribution is 5.98. The van der Waals surface area contributed by atoms with Gasteiger partial charge in [-0.3, -0.25) is 14.5 Å². The molecule has 0 aliphatic carbocycles. The zero-order valence-electron chi connectivity index (χ0n) is 16.2. The van der Waals surface area contributed by atoms with Crippen molar-refractivity contribution in [1.82, 2.24) is 10.3 Å². The lowest BCUT2D eigenvalue weighted by atomic mass is 10.1. The predicted octanol–water partition coefficient (Wildman–Crippen LogP) is 3.09. The Labute approximate surface area is 155 Å². The fraction of sp³-hybridized carbons (Fsp3) is 0.579. The van der Waals surface area contributed by atoms with Crippen molar-refractivity contribution in [3.8, 4) is 0 Å². The Balaban J connectivity index is 2.98. The van der Waals surface area contributed by atoms with Gasteiger partial charge in [-0.05, 0) is 46.2 Å². The molecule has 0 saturated heterocycles. The zero-order valence-corrected chi connectivity index (χ0v) is 16.2. The number of rotatable bonds is 8. The molecule has 2 amide bonds. The van der Waals surface area contributed by atoms with Crippen molar-refractivity contribution in [2.45, 2.75) is 65.5 Å². The summed E-state index contributed by atoms with van der Waals surface area (Å²) in [6, 6.07) is 4.48. The Kier molecular flexibility index (Phi) is 8.22. The molecule has 0 saturated carbocycles. The van der Waals surface area contributed by atoms with Crippen molar-refractivity contribution in [3.63, 3.8) is 0 Å². The second-order valence-electron chi connectivity index (χ2n) is 7.12. The van der Waals surface area contributed by atoms with E-state index in [0.717, 1.165) is 0 Å². The average molecular weight is 363 g/mol.